The lowest BCUT2D eigenvalue weighted by Gasteiger charge is -2.39. The van der Waals surface area contributed by atoms with Gasteiger partial charge in [-0.1, -0.05) is 25.1 Å². The molecule has 1 fully saturated rings. The number of rotatable bonds is 2. The molecule has 2 N–H and O–H groups in total. The molecule has 1 aromatic rings. The normalized spacial score (nSPS) is 25.5. The Balaban J connectivity index is 2.38. The summed E-state index contributed by atoms with van der Waals surface area (Å²) in [5, 5.41) is 9.18. The minimum absolute atomic E-state index is 0.137. The topological polar surface area (TPSA) is 53.0 Å². The van der Waals surface area contributed by atoms with Gasteiger partial charge in [0.2, 0.25) is 0 Å². The summed E-state index contributed by atoms with van der Waals surface area (Å²) in [5.74, 6) is 0. The Kier molecular flexibility index (Phi) is 3.78. The number of hydrogen-bond acceptors (Lipinski definition) is 3. The molecule has 0 saturated carbocycles. The number of likely N-dealkylation sites (tertiary alicyclic amines) is 1. The van der Waals surface area contributed by atoms with Gasteiger partial charge in [0.1, 0.15) is 0 Å². The molecule has 0 aromatic heterocycles. The van der Waals surface area contributed by atoms with E-state index in [1.165, 1.54) is 0 Å². The van der Waals surface area contributed by atoms with E-state index in [0.29, 0.717) is 0 Å². The highest BCUT2D eigenvalue weighted by Crippen LogP contribution is 2.31. The molecule has 0 spiro atoms. The molecule has 1 saturated heterocycles. The SMILES string of the molecule is CCN1CCCC(N)C1c1ccccc1C#N. The van der Waals surface area contributed by atoms with Crippen molar-refractivity contribution in [3.05, 3.63) is 35.4 Å². The van der Waals surface area contributed by atoms with E-state index >= 15 is 0 Å². The number of nitrogens with two attached hydrogens (primary N) is 1. The third kappa shape index (κ3) is 2.33. The largest absolute Gasteiger partial charge is 0.326 e. The quantitative estimate of drug-likeness (QED) is 0.844. The molecule has 0 aliphatic carbocycles. The predicted octanol–water partition coefficient (Wildman–Crippen LogP) is 2.04. The van der Waals surface area contributed by atoms with Crippen LogP contribution in [0.2, 0.25) is 0 Å². The van der Waals surface area contributed by atoms with Gasteiger partial charge in [0.15, 0.2) is 0 Å². The number of piperidine rings is 1. The molecule has 2 unspecified atom stereocenters. The Bertz CT molecular complexity index is 422. The highest BCUT2D eigenvalue weighted by Gasteiger charge is 2.30. The number of benzene rings is 1. The van der Waals surface area contributed by atoms with Crippen LogP contribution in [0.5, 0.6) is 0 Å². The fraction of sp³-hybridized carbons (Fsp3) is 0.500. The Labute approximate surface area is 103 Å². The van der Waals surface area contributed by atoms with Crippen molar-refractivity contribution < 1.29 is 0 Å². The predicted molar refractivity (Wildman–Crippen MR) is 68.4 cm³/mol. The van der Waals surface area contributed by atoms with Gasteiger partial charge in [-0.3, -0.25) is 4.90 Å². The van der Waals surface area contributed by atoms with Crippen LogP contribution in [0.25, 0.3) is 0 Å². The summed E-state index contributed by atoms with van der Waals surface area (Å²) >= 11 is 0. The van der Waals surface area contributed by atoms with Crippen LogP contribution in [0.15, 0.2) is 24.3 Å². The Morgan fingerprint density at radius 2 is 2.24 bits per heavy atom. The summed E-state index contributed by atoms with van der Waals surface area (Å²) < 4.78 is 0. The summed E-state index contributed by atoms with van der Waals surface area (Å²) in [7, 11) is 0. The Morgan fingerprint density at radius 3 is 2.94 bits per heavy atom. The number of hydrogen-bond donors (Lipinski definition) is 1. The summed E-state index contributed by atoms with van der Waals surface area (Å²) in [6.45, 7) is 4.22. The minimum atomic E-state index is 0.137. The zero-order valence-corrected chi connectivity index (χ0v) is 10.3. The third-order valence-corrected chi connectivity index (χ3v) is 3.59. The summed E-state index contributed by atoms with van der Waals surface area (Å²) in [5.41, 5.74) is 8.09. The zero-order valence-electron chi connectivity index (χ0n) is 10.3. The van der Waals surface area contributed by atoms with Gasteiger partial charge in [0.05, 0.1) is 17.7 Å². The van der Waals surface area contributed by atoms with Crippen LogP contribution in [0.4, 0.5) is 0 Å². The van der Waals surface area contributed by atoms with Crippen molar-refractivity contribution in [2.45, 2.75) is 31.8 Å². The third-order valence-electron chi connectivity index (χ3n) is 3.59. The van der Waals surface area contributed by atoms with Crippen molar-refractivity contribution in [3.8, 4) is 6.07 Å². The van der Waals surface area contributed by atoms with Crippen LogP contribution >= 0.6 is 0 Å². The van der Waals surface area contributed by atoms with Gasteiger partial charge in [0.25, 0.3) is 0 Å². The average molecular weight is 229 g/mol. The smallest absolute Gasteiger partial charge is 0.0995 e. The van der Waals surface area contributed by atoms with Crippen LogP contribution in [0.3, 0.4) is 0 Å². The highest BCUT2D eigenvalue weighted by atomic mass is 15.2. The Morgan fingerprint density at radius 1 is 1.47 bits per heavy atom. The van der Waals surface area contributed by atoms with Crippen LogP contribution in [-0.4, -0.2) is 24.0 Å². The average Bonchev–Trinajstić information content (AvgIpc) is 2.38. The molecule has 17 heavy (non-hydrogen) atoms. The van der Waals surface area contributed by atoms with Gasteiger partial charge in [-0.2, -0.15) is 5.26 Å². The van der Waals surface area contributed by atoms with E-state index in [0.717, 1.165) is 37.1 Å². The van der Waals surface area contributed by atoms with Crippen molar-refractivity contribution in [3.63, 3.8) is 0 Å². The van der Waals surface area contributed by atoms with Gasteiger partial charge >= 0.3 is 0 Å². The van der Waals surface area contributed by atoms with Gasteiger partial charge in [-0.15, -0.1) is 0 Å². The maximum absolute atomic E-state index is 9.18. The molecular weight excluding hydrogens is 210 g/mol. The molecule has 1 aliphatic heterocycles. The lowest BCUT2D eigenvalue weighted by molar-refractivity contribution is 0.135. The van der Waals surface area contributed by atoms with Crippen molar-refractivity contribution in [1.82, 2.24) is 4.90 Å². The molecule has 90 valence electrons. The lowest BCUT2D eigenvalue weighted by Crippen LogP contribution is -2.45. The molecule has 0 bridgehead atoms. The van der Waals surface area contributed by atoms with E-state index in [2.05, 4.69) is 17.9 Å². The number of likely N-dealkylation sites (N-methyl/N-ethyl adjacent to an activating group) is 1. The van der Waals surface area contributed by atoms with E-state index in [1.54, 1.807) is 0 Å². The number of nitrogens with zero attached hydrogens (tertiary/aromatic N) is 2. The molecule has 3 nitrogen and oxygen atoms in total. The van der Waals surface area contributed by atoms with Gasteiger partial charge < -0.3 is 5.73 Å². The van der Waals surface area contributed by atoms with E-state index in [4.69, 9.17) is 5.73 Å². The molecule has 2 atom stereocenters. The number of nitriles is 1. The maximum Gasteiger partial charge on any atom is 0.0995 e. The van der Waals surface area contributed by atoms with E-state index in [9.17, 15) is 5.26 Å². The highest BCUT2D eigenvalue weighted by molar-refractivity contribution is 5.40. The first-order chi connectivity index (χ1) is 8.27. The molecule has 2 rings (SSSR count). The second-order valence-electron chi connectivity index (χ2n) is 4.58. The molecule has 1 aliphatic rings. The minimum Gasteiger partial charge on any atom is -0.326 e. The maximum atomic E-state index is 9.18. The van der Waals surface area contributed by atoms with Crippen LogP contribution in [0.1, 0.15) is 36.9 Å². The van der Waals surface area contributed by atoms with Crippen LogP contribution in [-0.2, 0) is 0 Å². The first-order valence-electron chi connectivity index (χ1n) is 6.26. The van der Waals surface area contributed by atoms with Crippen molar-refractivity contribution in [2.24, 2.45) is 5.73 Å². The summed E-state index contributed by atoms with van der Waals surface area (Å²) in [4.78, 5) is 2.38. The van der Waals surface area contributed by atoms with Crippen molar-refractivity contribution in [1.29, 1.82) is 5.26 Å². The molecule has 0 radical (unpaired) electrons. The first kappa shape index (κ1) is 12.1. The monoisotopic (exact) mass is 229 g/mol. The van der Waals surface area contributed by atoms with Crippen LogP contribution < -0.4 is 5.73 Å². The second kappa shape index (κ2) is 5.31. The summed E-state index contributed by atoms with van der Waals surface area (Å²) in [6, 6.07) is 10.4. The molecule has 0 amide bonds. The van der Waals surface area contributed by atoms with Gasteiger partial charge in [0, 0.05) is 6.04 Å². The fourth-order valence-corrected chi connectivity index (χ4v) is 2.74. The lowest BCUT2D eigenvalue weighted by atomic mass is 9.88. The Hall–Kier alpha value is -1.37. The van der Waals surface area contributed by atoms with Crippen molar-refractivity contribution in [2.75, 3.05) is 13.1 Å². The molecule has 3 heteroatoms. The molecule has 1 aromatic carbocycles. The van der Waals surface area contributed by atoms with E-state index in [-0.39, 0.29) is 12.1 Å². The first-order valence-corrected chi connectivity index (χ1v) is 6.26. The summed E-state index contributed by atoms with van der Waals surface area (Å²) in [6.07, 6.45) is 2.20. The van der Waals surface area contributed by atoms with E-state index in [1.807, 2.05) is 24.3 Å². The zero-order chi connectivity index (χ0) is 12.3. The standard InChI is InChI=1S/C14H19N3/c1-2-17-9-5-8-13(16)14(17)12-7-4-3-6-11(12)10-15/h3-4,6-7,13-14H,2,5,8-9,16H2,1H3. The molecular formula is C14H19N3. The fourth-order valence-electron chi connectivity index (χ4n) is 2.74. The van der Waals surface area contributed by atoms with E-state index < -0.39 is 0 Å². The van der Waals surface area contributed by atoms with Crippen molar-refractivity contribution >= 4 is 0 Å². The molecule has 1 heterocycles. The van der Waals surface area contributed by atoms with Gasteiger partial charge in [-0.05, 0) is 37.6 Å². The second-order valence-corrected chi connectivity index (χ2v) is 4.58. The van der Waals surface area contributed by atoms with Crippen LogP contribution in [0, 0.1) is 11.3 Å². The van der Waals surface area contributed by atoms with Gasteiger partial charge in [-0.25, -0.2) is 0 Å².